The fraction of sp³-hybridized carbons (Fsp3) is 0. The van der Waals surface area contributed by atoms with Crippen LogP contribution >= 0.6 is 12.6 Å². The largest absolute Gasteiger partial charge is 0.204 e. The summed E-state index contributed by atoms with van der Waals surface area (Å²) in [5.41, 5.74) is 0. The number of thiol groups is 1. The van der Waals surface area contributed by atoms with Gasteiger partial charge in [0.25, 0.3) is 0 Å². The highest BCUT2D eigenvalue weighted by atomic mass is 32.1. The molecule has 1 aromatic carbocycles. The van der Waals surface area contributed by atoms with Gasteiger partial charge in [-0.1, -0.05) is 6.07 Å². The van der Waals surface area contributed by atoms with E-state index >= 15 is 0 Å². The Morgan fingerprint density at radius 1 is 1.44 bits per heavy atom. The number of hydrogen-bond acceptors (Lipinski definition) is 1. The third-order valence-corrected chi connectivity index (χ3v) is 1.19. The summed E-state index contributed by atoms with van der Waals surface area (Å²) in [6, 6.07) is 4.66. The van der Waals surface area contributed by atoms with Crippen LogP contribution in [-0.2, 0) is 0 Å². The average Bonchev–Trinajstić information content (AvgIpc) is 1.83. The minimum Gasteiger partial charge on any atom is -0.204 e. The van der Waals surface area contributed by atoms with E-state index in [1.54, 1.807) is 0 Å². The summed E-state index contributed by atoms with van der Waals surface area (Å²) in [6.45, 7) is 0. The summed E-state index contributed by atoms with van der Waals surface area (Å²) in [6.07, 6.45) is 0. The molecular formula is C6H3F2S. The Hall–Kier alpha value is -0.570. The molecule has 0 unspecified atom stereocenters. The maximum absolute atomic E-state index is 12.2. The fourth-order valence-corrected chi connectivity index (χ4v) is 0.625. The van der Waals surface area contributed by atoms with Crippen LogP contribution in [0.2, 0.25) is 0 Å². The summed E-state index contributed by atoms with van der Waals surface area (Å²) in [5, 5.41) is 0. The lowest BCUT2D eigenvalue weighted by atomic mass is 10.3. The molecule has 0 saturated heterocycles. The quantitative estimate of drug-likeness (QED) is 0.531. The third-order valence-electron chi connectivity index (χ3n) is 0.867. The minimum atomic E-state index is -0.944. The van der Waals surface area contributed by atoms with Crippen molar-refractivity contribution >= 4 is 12.6 Å². The van der Waals surface area contributed by atoms with Gasteiger partial charge in [-0.3, -0.25) is 0 Å². The lowest BCUT2D eigenvalue weighted by Crippen LogP contribution is -1.83. The summed E-state index contributed by atoms with van der Waals surface area (Å²) in [4.78, 5) is -0.0880. The fourth-order valence-electron chi connectivity index (χ4n) is 0.443. The van der Waals surface area contributed by atoms with Gasteiger partial charge in [-0.05, 0) is 12.1 Å². The minimum absolute atomic E-state index is 0.0880. The maximum atomic E-state index is 12.2. The van der Waals surface area contributed by atoms with Crippen molar-refractivity contribution in [3.05, 3.63) is 29.8 Å². The van der Waals surface area contributed by atoms with Gasteiger partial charge in [0, 0.05) is 0 Å². The van der Waals surface area contributed by atoms with E-state index in [1.807, 2.05) is 0 Å². The molecule has 0 aromatic heterocycles. The number of benzene rings is 1. The van der Waals surface area contributed by atoms with E-state index in [4.69, 9.17) is 0 Å². The molecule has 0 nitrogen and oxygen atoms in total. The molecule has 47 valence electrons. The van der Waals surface area contributed by atoms with Gasteiger partial charge in [0.15, 0.2) is 11.6 Å². The second-order valence-corrected chi connectivity index (χ2v) is 1.94. The molecule has 0 aliphatic carbocycles. The van der Waals surface area contributed by atoms with Crippen LogP contribution in [0.1, 0.15) is 0 Å². The highest BCUT2D eigenvalue weighted by molar-refractivity contribution is 7.80. The number of hydrogen-bond donors (Lipinski definition) is 1. The summed E-state index contributed by atoms with van der Waals surface area (Å²) in [7, 11) is 0. The van der Waals surface area contributed by atoms with Crippen molar-refractivity contribution in [2.75, 3.05) is 0 Å². The third kappa shape index (κ3) is 1.21. The van der Waals surface area contributed by atoms with E-state index in [0.29, 0.717) is 0 Å². The molecule has 0 saturated carbocycles. The van der Waals surface area contributed by atoms with Crippen LogP contribution in [0, 0.1) is 17.7 Å². The zero-order chi connectivity index (χ0) is 6.85. The van der Waals surface area contributed by atoms with Gasteiger partial charge in [-0.25, -0.2) is 8.78 Å². The van der Waals surface area contributed by atoms with Gasteiger partial charge in [0.2, 0.25) is 0 Å². The first kappa shape index (κ1) is 6.55. The van der Waals surface area contributed by atoms with Crippen molar-refractivity contribution in [3.8, 4) is 0 Å². The van der Waals surface area contributed by atoms with E-state index < -0.39 is 11.6 Å². The van der Waals surface area contributed by atoms with Crippen LogP contribution < -0.4 is 0 Å². The molecule has 1 aromatic rings. The topological polar surface area (TPSA) is 0 Å². The Bertz CT molecular complexity index is 202. The van der Waals surface area contributed by atoms with Gasteiger partial charge in [-0.2, -0.15) is 0 Å². The average molecular weight is 145 g/mol. The molecular weight excluding hydrogens is 142 g/mol. The molecule has 3 heteroatoms. The van der Waals surface area contributed by atoms with Crippen molar-refractivity contribution in [3.63, 3.8) is 0 Å². The van der Waals surface area contributed by atoms with Crippen LogP contribution in [0.15, 0.2) is 17.0 Å². The Balaban J connectivity index is 3.25. The predicted molar refractivity (Wildman–Crippen MR) is 32.4 cm³/mol. The molecule has 0 aliphatic heterocycles. The highest BCUT2D eigenvalue weighted by Gasteiger charge is 2.02. The van der Waals surface area contributed by atoms with Crippen molar-refractivity contribution in [1.82, 2.24) is 0 Å². The predicted octanol–water partition coefficient (Wildman–Crippen LogP) is 2.05. The first-order chi connectivity index (χ1) is 4.22. The van der Waals surface area contributed by atoms with E-state index in [-0.39, 0.29) is 4.90 Å². The second-order valence-electron chi connectivity index (χ2n) is 1.49. The Labute approximate surface area is 56.9 Å². The van der Waals surface area contributed by atoms with Crippen molar-refractivity contribution in [1.29, 1.82) is 0 Å². The van der Waals surface area contributed by atoms with Crippen molar-refractivity contribution < 1.29 is 8.78 Å². The molecule has 0 N–H and O–H groups in total. The SMILES string of the molecule is Fc1cc[c]c(S)c1F. The van der Waals surface area contributed by atoms with Crippen LogP contribution in [0.25, 0.3) is 0 Å². The molecule has 0 amide bonds. The molecule has 0 heterocycles. The van der Waals surface area contributed by atoms with Crippen LogP contribution in [0.4, 0.5) is 8.78 Å². The molecule has 1 radical (unpaired) electrons. The number of rotatable bonds is 0. The lowest BCUT2D eigenvalue weighted by molar-refractivity contribution is 0.491. The molecule has 0 atom stereocenters. The van der Waals surface area contributed by atoms with Gasteiger partial charge < -0.3 is 0 Å². The second kappa shape index (κ2) is 2.35. The summed E-state index contributed by atoms with van der Waals surface area (Å²) >= 11 is 3.60. The Kier molecular flexibility index (Phi) is 1.71. The molecule has 0 bridgehead atoms. The molecule has 9 heavy (non-hydrogen) atoms. The number of halogens is 2. The summed E-state index contributed by atoms with van der Waals surface area (Å²) in [5.74, 6) is -1.83. The van der Waals surface area contributed by atoms with E-state index in [2.05, 4.69) is 18.7 Å². The normalized spacial score (nSPS) is 9.67. The van der Waals surface area contributed by atoms with E-state index in [0.717, 1.165) is 6.07 Å². The first-order valence-corrected chi connectivity index (χ1v) is 2.71. The first-order valence-electron chi connectivity index (χ1n) is 2.26. The van der Waals surface area contributed by atoms with Crippen molar-refractivity contribution in [2.45, 2.75) is 4.90 Å². The standard InChI is InChI=1S/C6H3F2S/c7-4-2-1-3-5(9)6(4)8/h1-2,9H. The maximum Gasteiger partial charge on any atom is 0.172 e. The van der Waals surface area contributed by atoms with Crippen LogP contribution in [-0.4, -0.2) is 0 Å². The highest BCUT2D eigenvalue weighted by Crippen LogP contribution is 2.13. The van der Waals surface area contributed by atoms with Crippen molar-refractivity contribution in [2.24, 2.45) is 0 Å². The summed E-state index contributed by atoms with van der Waals surface area (Å²) < 4.78 is 24.4. The van der Waals surface area contributed by atoms with Gasteiger partial charge in [-0.15, -0.1) is 12.6 Å². The molecule has 1 rings (SSSR count). The molecule has 0 fully saturated rings. The smallest absolute Gasteiger partial charge is 0.172 e. The monoisotopic (exact) mass is 145 g/mol. The van der Waals surface area contributed by atoms with Crippen LogP contribution in [0.3, 0.4) is 0 Å². The lowest BCUT2D eigenvalue weighted by Gasteiger charge is -1.91. The molecule has 0 aliphatic rings. The van der Waals surface area contributed by atoms with Crippen LogP contribution in [0.5, 0.6) is 0 Å². The van der Waals surface area contributed by atoms with Gasteiger partial charge in [0.05, 0.1) is 4.90 Å². The van der Waals surface area contributed by atoms with E-state index in [1.165, 1.54) is 6.07 Å². The zero-order valence-corrected chi connectivity index (χ0v) is 5.25. The van der Waals surface area contributed by atoms with E-state index in [9.17, 15) is 8.78 Å². The van der Waals surface area contributed by atoms with Gasteiger partial charge >= 0.3 is 0 Å². The molecule has 0 spiro atoms. The Morgan fingerprint density at radius 3 is 2.56 bits per heavy atom. The zero-order valence-electron chi connectivity index (χ0n) is 4.36. The van der Waals surface area contributed by atoms with Gasteiger partial charge in [0.1, 0.15) is 0 Å². The Morgan fingerprint density at radius 2 is 2.11 bits per heavy atom.